The van der Waals surface area contributed by atoms with Gasteiger partial charge in [0, 0.05) is 21.9 Å². The van der Waals surface area contributed by atoms with Crippen LogP contribution in [0.4, 0.5) is 0 Å². The smallest absolute Gasteiger partial charge is 0.143 e. The Bertz CT molecular complexity index is 3070. The molecule has 9 aromatic rings. The highest BCUT2D eigenvalue weighted by molar-refractivity contribution is 6.24. The molecule has 200 valence electrons. The topological polar surface area (TPSA) is 13.1 Å². The van der Waals surface area contributed by atoms with Gasteiger partial charge in [0.05, 0.1) is 15.1 Å². The van der Waals surface area contributed by atoms with Crippen LogP contribution in [-0.4, -0.2) is 0 Å². The van der Waals surface area contributed by atoms with Gasteiger partial charge < -0.3 is 4.42 Å². The number of para-hydroxylation sites is 2. The molecule has 9 rings (SSSR count). The van der Waals surface area contributed by atoms with E-state index in [1.54, 1.807) is 0 Å². The Morgan fingerprint density at radius 1 is 0.419 bits per heavy atom. The van der Waals surface area contributed by atoms with E-state index in [-0.39, 0.29) is 27.5 Å². The molecule has 0 aliphatic heterocycles. The largest absolute Gasteiger partial charge is 0.455 e. The van der Waals surface area contributed by atoms with Gasteiger partial charge in [-0.3, -0.25) is 0 Å². The minimum absolute atomic E-state index is 0.00714. The fraction of sp³-hybridized carbons (Fsp3) is 0. The second kappa shape index (κ2) is 9.44. The third-order valence-corrected chi connectivity index (χ3v) is 7.98. The molecule has 0 radical (unpaired) electrons. The van der Waals surface area contributed by atoms with Gasteiger partial charge in [-0.25, -0.2) is 0 Å². The Kier molecular flexibility index (Phi) is 3.41. The van der Waals surface area contributed by atoms with E-state index in [0.717, 1.165) is 38.3 Å². The molecule has 0 N–H and O–H groups in total. The molecule has 0 saturated carbocycles. The average molecular weight is 558 g/mol. The monoisotopic (exact) mass is 557 g/mol. The number of hydrogen-bond acceptors (Lipinski definition) is 1. The lowest BCUT2D eigenvalue weighted by atomic mass is 9.85. The molecular weight excluding hydrogens is 520 g/mol. The first-order valence-corrected chi connectivity index (χ1v) is 13.9. The Balaban J connectivity index is 1.42. The lowest BCUT2D eigenvalue weighted by Gasteiger charge is -2.18. The summed E-state index contributed by atoms with van der Waals surface area (Å²) in [4.78, 5) is 0. The van der Waals surface area contributed by atoms with Gasteiger partial charge in [-0.1, -0.05) is 139 Å². The number of hydrogen-bond donors (Lipinski definition) is 0. The van der Waals surface area contributed by atoms with Crippen molar-refractivity contribution in [2.45, 2.75) is 0 Å². The highest BCUT2D eigenvalue weighted by Gasteiger charge is 2.20. The summed E-state index contributed by atoms with van der Waals surface area (Å²) >= 11 is 0. The summed E-state index contributed by atoms with van der Waals surface area (Å²) in [6.45, 7) is 0. The summed E-state index contributed by atoms with van der Waals surface area (Å²) in [6.07, 6.45) is 0. The molecule has 0 spiro atoms. The second-order valence-corrected chi connectivity index (χ2v) is 10.4. The molecule has 0 aliphatic carbocycles. The first kappa shape index (κ1) is 15.5. The molecule has 0 bridgehead atoms. The standard InChI is InChI=1S/C42H26O/c1-2-12-28-25-30(24-23-27(28)11-1)29-13-9-14-31(26-29)40-33-16-3-5-18-35(33)41(36-19-6-4-17-34(36)40)38-21-10-20-37-32-15-7-8-22-39(32)43-42(37)38/h1-26H/i1D,2D,9D,11D,12D,13D,14D,23D,24D,25D,26D. The van der Waals surface area contributed by atoms with Gasteiger partial charge in [-0.15, -0.1) is 0 Å². The summed E-state index contributed by atoms with van der Waals surface area (Å²) in [5.41, 5.74) is 2.86. The van der Waals surface area contributed by atoms with Gasteiger partial charge in [0.2, 0.25) is 0 Å². The van der Waals surface area contributed by atoms with Crippen molar-refractivity contribution in [3.05, 3.63) is 157 Å². The molecular formula is C42H26O. The molecule has 0 atom stereocenters. The molecule has 1 heterocycles. The first-order valence-electron chi connectivity index (χ1n) is 19.4. The van der Waals surface area contributed by atoms with Crippen LogP contribution in [0.15, 0.2) is 162 Å². The maximum absolute atomic E-state index is 9.66. The highest BCUT2D eigenvalue weighted by atomic mass is 16.3. The summed E-state index contributed by atoms with van der Waals surface area (Å²) in [5, 5.41) is 4.14. The van der Waals surface area contributed by atoms with E-state index >= 15 is 0 Å². The summed E-state index contributed by atoms with van der Waals surface area (Å²) in [7, 11) is 0. The van der Waals surface area contributed by atoms with Crippen molar-refractivity contribution in [2.75, 3.05) is 0 Å². The van der Waals surface area contributed by atoms with E-state index in [1.807, 2.05) is 91.0 Å². The summed E-state index contributed by atoms with van der Waals surface area (Å²) in [6, 6.07) is 22.8. The minimum Gasteiger partial charge on any atom is -0.455 e. The van der Waals surface area contributed by atoms with Gasteiger partial charge in [-0.2, -0.15) is 0 Å². The van der Waals surface area contributed by atoms with Crippen molar-refractivity contribution in [2.24, 2.45) is 0 Å². The van der Waals surface area contributed by atoms with Crippen LogP contribution in [0.2, 0.25) is 0 Å². The molecule has 43 heavy (non-hydrogen) atoms. The Labute approximate surface area is 264 Å². The molecule has 0 fully saturated rings. The molecule has 0 amide bonds. The predicted octanol–water partition coefficient (Wildman–Crippen LogP) is 12.0. The van der Waals surface area contributed by atoms with Crippen LogP contribution in [0, 0.1) is 0 Å². The molecule has 1 heteroatoms. The van der Waals surface area contributed by atoms with E-state index < -0.39 is 66.5 Å². The van der Waals surface area contributed by atoms with Gasteiger partial charge in [0.1, 0.15) is 11.2 Å². The zero-order chi connectivity index (χ0) is 37.9. The Hall–Kier alpha value is -5.66. The molecule has 0 saturated heterocycles. The van der Waals surface area contributed by atoms with Crippen LogP contribution in [0.5, 0.6) is 0 Å². The number of fused-ring (bicyclic) bond motifs is 6. The third kappa shape index (κ3) is 3.72. The quantitative estimate of drug-likeness (QED) is 0.197. The van der Waals surface area contributed by atoms with E-state index in [1.165, 1.54) is 0 Å². The first-order chi connectivity index (χ1) is 25.9. The SMILES string of the molecule is [2H]c1c([2H])c(-c2c([2H])c([2H])c3c([2H])c([2H])c([2H])c([2H])c3c2[2H])c([2H])c(-c2c3ccccc3c(-c3cccc4c3oc3ccccc34)c3ccccc23)c1[2H]. The van der Waals surface area contributed by atoms with Crippen molar-refractivity contribution >= 4 is 54.3 Å². The van der Waals surface area contributed by atoms with E-state index in [0.29, 0.717) is 21.9 Å². The van der Waals surface area contributed by atoms with Crippen LogP contribution in [0.3, 0.4) is 0 Å². The lowest BCUT2D eigenvalue weighted by molar-refractivity contribution is 0.670. The highest BCUT2D eigenvalue weighted by Crippen LogP contribution is 2.46. The van der Waals surface area contributed by atoms with E-state index in [4.69, 9.17) is 16.8 Å². The fourth-order valence-electron chi connectivity index (χ4n) is 6.13. The van der Waals surface area contributed by atoms with Crippen molar-refractivity contribution in [1.29, 1.82) is 0 Å². The molecule has 1 aromatic heterocycles. The normalized spacial score (nSPS) is 15.3. The van der Waals surface area contributed by atoms with Crippen LogP contribution in [0.25, 0.3) is 87.6 Å². The van der Waals surface area contributed by atoms with Crippen LogP contribution in [0.1, 0.15) is 15.1 Å². The zero-order valence-corrected chi connectivity index (χ0v) is 22.6. The van der Waals surface area contributed by atoms with Crippen LogP contribution < -0.4 is 0 Å². The Morgan fingerprint density at radius 2 is 1.02 bits per heavy atom. The maximum Gasteiger partial charge on any atom is 0.143 e. The molecule has 0 aliphatic rings. The molecule has 1 nitrogen and oxygen atoms in total. The second-order valence-electron chi connectivity index (χ2n) is 10.4. The molecule has 0 unspecified atom stereocenters. The third-order valence-electron chi connectivity index (χ3n) is 7.98. The fourth-order valence-corrected chi connectivity index (χ4v) is 6.13. The predicted molar refractivity (Wildman–Crippen MR) is 183 cm³/mol. The Morgan fingerprint density at radius 3 is 1.79 bits per heavy atom. The van der Waals surface area contributed by atoms with Crippen molar-refractivity contribution in [1.82, 2.24) is 0 Å². The number of benzene rings is 8. The lowest BCUT2D eigenvalue weighted by Crippen LogP contribution is -1.91. The van der Waals surface area contributed by atoms with Gasteiger partial charge in [0.25, 0.3) is 0 Å². The summed E-state index contributed by atoms with van der Waals surface area (Å²) < 4.78 is 104. The van der Waals surface area contributed by atoms with Crippen molar-refractivity contribution < 1.29 is 19.5 Å². The van der Waals surface area contributed by atoms with Gasteiger partial charge in [-0.05, 0) is 72.7 Å². The molecule has 8 aromatic carbocycles. The van der Waals surface area contributed by atoms with Crippen LogP contribution >= 0.6 is 0 Å². The summed E-state index contributed by atoms with van der Waals surface area (Å²) in [5.74, 6) is 0. The maximum atomic E-state index is 9.66. The van der Waals surface area contributed by atoms with E-state index in [2.05, 4.69) is 0 Å². The number of rotatable bonds is 3. The van der Waals surface area contributed by atoms with Crippen LogP contribution in [-0.2, 0) is 0 Å². The van der Waals surface area contributed by atoms with Crippen molar-refractivity contribution in [3.63, 3.8) is 0 Å². The van der Waals surface area contributed by atoms with Gasteiger partial charge in [0.15, 0.2) is 0 Å². The van der Waals surface area contributed by atoms with Crippen molar-refractivity contribution in [3.8, 4) is 33.4 Å². The zero-order valence-electron chi connectivity index (χ0n) is 33.6. The number of furan rings is 1. The average Bonchev–Trinajstić information content (AvgIpc) is 3.57. The van der Waals surface area contributed by atoms with Gasteiger partial charge >= 0.3 is 0 Å². The minimum atomic E-state index is -0.624. The van der Waals surface area contributed by atoms with E-state index in [9.17, 15) is 2.74 Å².